The molecule has 0 aliphatic heterocycles. The maximum atomic E-state index is 14.0. The van der Waals surface area contributed by atoms with E-state index in [2.05, 4.69) is 13.8 Å². The molecule has 0 radical (unpaired) electrons. The summed E-state index contributed by atoms with van der Waals surface area (Å²) < 4.78 is 14.0. The zero-order valence-corrected chi connectivity index (χ0v) is 12.4. The first-order chi connectivity index (χ1) is 8.94. The average Bonchev–Trinajstić information content (AvgIpc) is 2.77. The quantitative estimate of drug-likeness (QED) is 0.814. The molecule has 2 rings (SSSR count). The first-order valence-corrected chi connectivity index (χ1v) is 7.45. The monoisotopic (exact) mass is 284 g/mol. The zero-order valence-electron chi connectivity index (χ0n) is 11.6. The lowest BCUT2D eigenvalue weighted by atomic mass is 9.72. The number of benzene rings is 1. The van der Waals surface area contributed by atoms with E-state index >= 15 is 0 Å². The summed E-state index contributed by atoms with van der Waals surface area (Å²) in [7, 11) is 0. The standard InChI is InChI=1S/C16H22ClFO/c1-11(2)10-16(7-3-4-8-16)15(19)13-6-5-12(17)9-14(13)18/h5-6,9,11,15,19H,3-4,7-8,10H2,1-2H3. The smallest absolute Gasteiger partial charge is 0.130 e. The van der Waals surface area contributed by atoms with Crippen molar-refractivity contribution in [3.63, 3.8) is 0 Å². The normalized spacial score (nSPS) is 19.9. The number of halogens is 2. The molecule has 1 saturated carbocycles. The predicted octanol–water partition coefficient (Wildman–Crippen LogP) is 5.12. The summed E-state index contributed by atoms with van der Waals surface area (Å²) in [5.41, 5.74) is 0.231. The van der Waals surface area contributed by atoms with E-state index in [1.807, 2.05) is 0 Å². The van der Waals surface area contributed by atoms with Gasteiger partial charge in [0, 0.05) is 16.0 Å². The molecule has 1 aliphatic carbocycles. The molecule has 1 nitrogen and oxygen atoms in total. The Morgan fingerprint density at radius 3 is 2.47 bits per heavy atom. The molecule has 19 heavy (non-hydrogen) atoms. The van der Waals surface area contributed by atoms with E-state index in [4.69, 9.17) is 11.6 Å². The molecular formula is C16H22ClFO. The summed E-state index contributed by atoms with van der Waals surface area (Å²) in [6.07, 6.45) is 4.42. The van der Waals surface area contributed by atoms with E-state index < -0.39 is 11.9 Å². The van der Waals surface area contributed by atoms with Gasteiger partial charge >= 0.3 is 0 Å². The third kappa shape index (κ3) is 3.11. The minimum absolute atomic E-state index is 0.164. The summed E-state index contributed by atoms with van der Waals surface area (Å²) in [6.45, 7) is 4.32. The highest BCUT2D eigenvalue weighted by atomic mass is 35.5. The summed E-state index contributed by atoms with van der Waals surface area (Å²) in [5, 5.41) is 11.1. The number of hydrogen-bond acceptors (Lipinski definition) is 1. The van der Waals surface area contributed by atoms with Crippen molar-refractivity contribution in [3.05, 3.63) is 34.6 Å². The largest absolute Gasteiger partial charge is 0.388 e. The molecule has 0 amide bonds. The van der Waals surface area contributed by atoms with Crippen LogP contribution in [-0.4, -0.2) is 5.11 Å². The molecular weight excluding hydrogens is 263 g/mol. The van der Waals surface area contributed by atoms with Gasteiger partial charge in [-0.3, -0.25) is 0 Å². The number of hydrogen-bond donors (Lipinski definition) is 1. The van der Waals surface area contributed by atoms with Crippen LogP contribution in [0.25, 0.3) is 0 Å². The van der Waals surface area contributed by atoms with Gasteiger partial charge in [-0.05, 0) is 37.3 Å². The third-order valence-electron chi connectivity index (χ3n) is 4.25. The first kappa shape index (κ1) is 14.8. The second kappa shape index (κ2) is 5.80. The Morgan fingerprint density at radius 2 is 1.95 bits per heavy atom. The van der Waals surface area contributed by atoms with Crippen molar-refractivity contribution in [2.45, 2.75) is 52.1 Å². The van der Waals surface area contributed by atoms with Crippen LogP contribution in [0.4, 0.5) is 4.39 Å². The van der Waals surface area contributed by atoms with Crippen molar-refractivity contribution < 1.29 is 9.50 Å². The fourth-order valence-corrected chi connectivity index (χ4v) is 3.69. The van der Waals surface area contributed by atoms with Gasteiger partial charge in [-0.1, -0.05) is 44.4 Å². The summed E-state index contributed by atoms with van der Waals surface area (Å²) in [6, 6.07) is 4.57. The summed E-state index contributed by atoms with van der Waals surface area (Å²) in [5.74, 6) is 0.109. The van der Waals surface area contributed by atoms with E-state index in [0.717, 1.165) is 32.1 Å². The third-order valence-corrected chi connectivity index (χ3v) is 4.49. The SMILES string of the molecule is CC(C)CC1(C(O)c2ccc(Cl)cc2F)CCCC1. The Kier molecular flexibility index (Phi) is 4.52. The van der Waals surface area contributed by atoms with E-state index in [9.17, 15) is 9.50 Å². The van der Waals surface area contributed by atoms with Crippen LogP contribution in [0.1, 0.15) is 57.6 Å². The van der Waals surface area contributed by atoms with Crippen molar-refractivity contribution in [3.8, 4) is 0 Å². The minimum Gasteiger partial charge on any atom is -0.388 e. The Balaban J connectivity index is 2.31. The predicted molar refractivity (Wildman–Crippen MR) is 76.7 cm³/mol. The fraction of sp³-hybridized carbons (Fsp3) is 0.625. The van der Waals surface area contributed by atoms with Crippen LogP contribution < -0.4 is 0 Å². The lowest BCUT2D eigenvalue weighted by Gasteiger charge is -2.36. The van der Waals surface area contributed by atoms with Crippen LogP contribution in [0.3, 0.4) is 0 Å². The van der Waals surface area contributed by atoms with Gasteiger partial charge in [0.25, 0.3) is 0 Å². The van der Waals surface area contributed by atoms with Crippen LogP contribution >= 0.6 is 11.6 Å². The van der Waals surface area contributed by atoms with Crippen LogP contribution in [0.5, 0.6) is 0 Å². The lowest BCUT2D eigenvalue weighted by Crippen LogP contribution is -2.28. The van der Waals surface area contributed by atoms with Gasteiger partial charge in [-0.15, -0.1) is 0 Å². The van der Waals surface area contributed by atoms with Crippen molar-refractivity contribution >= 4 is 11.6 Å². The summed E-state index contributed by atoms with van der Waals surface area (Å²) in [4.78, 5) is 0. The molecule has 1 aliphatic rings. The first-order valence-electron chi connectivity index (χ1n) is 7.08. The minimum atomic E-state index is -0.727. The molecule has 1 unspecified atom stereocenters. The fourth-order valence-electron chi connectivity index (χ4n) is 3.53. The lowest BCUT2D eigenvalue weighted by molar-refractivity contribution is 0.00877. The Bertz CT molecular complexity index is 438. The molecule has 1 aromatic rings. The van der Waals surface area contributed by atoms with E-state index in [1.54, 1.807) is 12.1 Å². The average molecular weight is 285 g/mol. The molecule has 3 heteroatoms. The van der Waals surface area contributed by atoms with Gasteiger partial charge in [0.15, 0.2) is 0 Å². The molecule has 0 aromatic heterocycles. The van der Waals surface area contributed by atoms with Crippen LogP contribution in [0, 0.1) is 17.2 Å². The highest BCUT2D eigenvalue weighted by molar-refractivity contribution is 6.30. The zero-order chi connectivity index (χ0) is 14.0. The number of aliphatic hydroxyl groups is 1. The van der Waals surface area contributed by atoms with Crippen LogP contribution in [-0.2, 0) is 0 Å². The molecule has 0 saturated heterocycles. The highest BCUT2D eigenvalue weighted by Crippen LogP contribution is 2.52. The molecule has 0 spiro atoms. The number of rotatable bonds is 4. The molecule has 106 valence electrons. The molecule has 1 N–H and O–H groups in total. The maximum Gasteiger partial charge on any atom is 0.130 e. The van der Waals surface area contributed by atoms with Gasteiger partial charge in [0.05, 0.1) is 6.10 Å². The van der Waals surface area contributed by atoms with Crippen molar-refractivity contribution in [2.24, 2.45) is 11.3 Å². The molecule has 1 atom stereocenters. The van der Waals surface area contributed by atoms with E-state index in [0.29, 0.717) is 16.5 Å². The molecule has 1 fully saturated rings. The molecule has 0 bridgehead atoms. The second-order valence-corrected chi connectivity index (χ2v) is 6.67. The Labute approximate surface area is 119 Å². The van der Waals surface area contributed by atoms with E-state index in [-0.39, 0.29) is 5.41 Å². The second-order valence-electron chi connectivity index (χ2n) is 6.24. The van der Waals surface area contributed by atoms with Gasteiger partial charge in [-0.2, -0.15) is 0 Å². The van der Waals surface area contributed by atoms with Crippen molar-refractivity contribution in [1.29, 1.82) is 0 Å². The van der Waals surface area contributed by atoms with Gasteiger partial charge in [0.2, 0.25) is 0 Å². The van der Waals surface area contributed by atoms with Gasteiger partial charge in [0.1, 0.15) is 5.82 Å². The van der Waals surface area contributed by atoms with Gasteiger partial charge < -0.3 is 5.11 Å². The number of aliphatic hydroxyl groups excluding tert-OH is 1. The van der Waals surface area contributed by atoms with Crippen LogP contribution in [0.15, 0.2) is 18.2 Å². The van der Waals surface area contributed by atoms with Crippen LogP contribution in [0.2, 0.25) is 5.02 Å². The highest BCUT2D eigenvalue weighted by Gasteiger charge is 2.42. The Morgan fingerprint density at radius 1 is 1.32 bits per heavy atom. The van der Waals surface area contributed by atoms with E-state index in [1.165, 1.54) is 6.07 Å². The Hall–Kier alpha value is -0.600. The summed E-state index contributed by atoms with van der Waals surface area (Å²) >= 11 is 5.78. The van der Waals surface area contributed by atoms with Crippen molar-refractivity contribution in [2.75, 3.05) is 0 Å². The molecule has 0 heterocycles. The maximum absolute atomic E-state index is 14.0. The van der Waals surface area contributed by atoms with Crippen molar-refractivity contribution in [1.82, 2.24) is 0 Å². The molecule has 1 aromatic carbocycles. The van der Waals surface area contributed by atoms with Gasteiger partial charge in [-0.25, -0.2) is 4.39 Å². The topological polar surface area (TPSA) is 20.2 Å².